The highest BCUT2D eigenvalue weighted by Crippen LogP contribution is 2.79. The summed E-state index contributed by atoms with van der Waals surface area (Å²) in [5.74, 6) is -0.891. The first-order chi connectivity index (χ1) is 11.5. The van der Waals surface area contributed by atoms with Crippen molar-refractivity contribution in [1.29, 1.82) is 10.5 Å². The Hall–Kier alpha value is -2.61. The molecule has 1 aliphatic carbocycles. The van der Waals surface area contributed by atoms with Crippen LogP contribution < -0.4 is 15.5 Å². The number of nitrogens with one attached hydrogen (secondary N) is 1. The summed E-state index contributed by atoms with van der Waals surface area (Å²) in [6, 6.07) is 11.9. The summed E-state index contributed by atoms with van der Waals surface area (Å²) < 4.78 is 16.9. The number of rotatable bonds is 2. The van der Waals surface area contributed by atoms with E-state index in [9.17, 15) is 10.5 Å². The summed E-state index contributed by atoms with van der Waals surface area (Å²) in [5, 5.41) is 19.9. The number of hydrogen-bond acceptors (Lipinski definition) is 6. The Balaban J connectivity index is 1.87. The number of benzene rings is 1. The van der Waals surface area contributed by atoms with Gasteiger partial charge in [-0.15, -0.1) is 0 Å². The van der Waals surface area contributed by atoms with Crippen LogP contribution in [0.25, 0.3) is 0 Å². The molecular weight excluding hydrogens is 308 g/mol. The average Bonchev–Trinajstić information content (AvgIpc) is 2.99. The molecule has 5 atom stereocenters. The molecule has 7 heteroatoms. The Labute approximate surface area is 139 Å². The minimum absolute atomic E-state index is 0.192. The molecule has 7 nitrogen and oxygen atoms in total. The lowest BCUT2D eigenvalue weighted by atomic mass is 9.94. The van der Waals surface area contributed by atoms with Gasteiger partial charge >= 0.3 is 5.91 Å². The van der Waals surface area contributed by atoms with Crippen LogP contribution in [0.3, 0.4) is 0 Å². The van der Waals surface area contributed by atoms with Crippen molar-refractivity contribution in [3.05, 3.63) is 29.8 Å². The van der Waals surface area contributed by atoms with Gasteiger partial charge in [-0.3, -0.25) is 5.73 Å². The van der Waals surface area contributed by atoms with E-state index in [4.69, 9.17) is 19.9 Å². The number of nitrogens with two attached hydrogens (primary N) is 1. The molecule has 1 saturated carbocycles. The molecule has 0 radical (unpaired) electrons. The minimum Gasteiger partial charge on any atom is -0.497 e. The molecule has 1 aromatic carbocycles. The van der Waals surface area contributed by atoms with E-state index in [0.717, 1.165) is 5.56 Å². The van der Waals surface area contributed by atoms with Crippen molar-refractivity contribution in [2.45, 2.75) is 24.9 Å². The molecule has 0 unspecified atom stereocenters. The van der Waals surface area contributed by atoms with Gasteiger partial charge in [-0.05, 0) is 24.6 Å². The van der Waals surface area contributed by atoms with Crippen molar-refractivity contribution in [2.75, 3.05) is 13.7 Å². The summed E-state index contributed by atoms with van der Waals surface area (Å²) in [7, 11) is 1.58. The predicted molar refractivity (Wildman–Crippen MR) is 81.2 cm³/mol. The topological polar surface area (TPSA) is 115 Å². The van der Waals surface area contributed by atoms with Crippen molar-refractivity contribution < 1.29 is 19.2 Å². The molecule has 0 aromatic heterocycles. The number of hydrogen-bond donors (Lipinski definition) is 2. The van der Waals surface area contributed by atoms with E-state index in [-0.39, 0.29) is 11.9 Å². The number of nitriles is 2. The Morgan fingerprint density at radius 3 is 2.50 bits per heavy atom. The average molecular weight is 325 g/mol. The molecule has 3 aliphatic rings. The SMILES string of the molecule is COc1ccc([C@H]2[C@@]3(C#N)[C@@]4([NH+]=C(N)[C@@]23C#N)OC[C@H](C)O4)cc1. The Kier molecular flexibility index (Phi) is 2.79. The second-order valence-electron chi connectivity index (χ2n) is 6.44. The van der Waals surface area contributed by atoms with E-state index in [1.165, 1.54) is 0 Å². The third-order valence-electron chi connectivity index (χ3n) is 5.34. The standard InChI is InChI=1S/C17H16N4O3/c1-10-7-23-17(24-10)16(9-19)13(15(16,8-18)14(20)21-17)11-3-5-12(22-2)6-4-11/h3-6,10,13H,7H2,1-2H3,(H2,20,21)/p+1/t10-,13+,15+,16+,17+/m0/s1. The van der Waals surface area contributed by atoms with E-state index in [1.54, 1.807) is 19.2 Å². The van der Waals surface area contributed by atoms with Gasteiger partial charge in [0.15, 0.2) is 10.8 Å². The van der Waals surface area contributed by atoms with Crippen LogP contribution in [0.2, 0.25) is 0 Å². The van der Waals surface area contributed by atoms with E-state index in [0.29, 0.717) is 12.4 Å². The van der Waals surface area contributed by atoms with Gasteiger partial charge in [0.25, 0.3) is 5.84 Å². The van der Waals surface area contributed by atoms with Gasteiger partial charge in [-0.1, -0.05) is 12.1 Å². The van der Waals surface area contributed by atoms with Gasteiger partial charge in [0, 0.05) is 5.92 Å². The molecular formula is C17H17N4O3+. The zero-order chi connectivity index (χ0) is 17.2. The van der Waals surface area contributed by atoms with Crippen LogP contribution >= 0.6 is 0 Å². The van der Waals surface area contributed by atoms with E-state index in [2.05, 4.69) is 17.1 Å². The van der Waals surface area contributed by atoms with Gasteiger partial charge in [-0.25, -0.2) is 4.99 Å². The Morgan fingerprint density at radius 1 is 1.29 bits per heavy atom. The summed E-state index contributed by atoms with van der Waals surface area (Å²) >= 11 is 0. The molecule has 122 valence electrons. The van der Waals surface area contributed by atoms with Crippen molar-refractivity contribution in [3.63, 3.8) is 0 Å². The molecule has 2 heterocycles. The lowest BCUT2D eigenvalue weighted by molar-refractivity contribution is -0.677. The van der Waals surface area contributed by atoms with Crippen LogP contribution in [0.15, 0.2) is 24.3 Å². The quantitative estimate of drug-likeness (QED) is 0.747. The number of methoxy groups -OCH3 is 1. The summed E-state index contributed by atoms with van der Waals surface area (Å²) in [6.07, 6.45) is -0.192. The Bertz CT molecular complexity index is 824. The van der Waals surface area contributed by atoms with Crippen molar-refractivity contribution in [3.8, 4) is 17.9 Å². The molecule has 3 N–H and O–H groups in total. The highest BCUT2D eigenvalue weighted by molar-refractivity contribution is 5.95. The third-order valence-corrected chi connectivity index (χ3v) is 5.34. The summed E-state index contributed by atoms with van der Waals surface area (Å²) in [6.45, 7) is 2.19. The number of fused-ring (bicyclic) bond motifs is 2. The molecule has 0 bridgehead atoms. The number of nitrogens with zero attached hydrogens (tertiary/aromatic N) is 2. The Morgan fingerprint density at radius 2 is 2.00 bits per heavy atom. The predicted octanol–water partition coefficient (Wildman–Crippen LogP) is -0.647. The van der Waals surface area contributed by atoms with E-state index >= 15 is 0 Å². The summed E-state index contributed by atoms with van der Waals surface area (Å²) in [5.41, 5.74) is 4.58. The molecule has 24 heavy (non-hydrogen) atoms. The maximum absolute atomic E-state index is 10.0. The van der Waals surface area contributed by atoms with Crippen molar-refractivity contribution in [1.82, 2.24) is 0 Å². The summed E-state index contributed by atoms with van der Waals surface area (Å²) in [4.78, 5) is 2.95. The molecule has 1 aromatic rings. The normalized spacial score (nSPS) is 42.1. The van der Waals surface area contributed by atoms with E-state index < -0.39 is 22.7 Å². The first kappa shape index (κ1) is 14.9. The smallest absolute Gasteiger partial charge is 0.343 e. The van der Waals surface area contributed by atoms with Gasteiger partial charge in [-0.2, -0.15) is 10.5 Å². The van der Waals surface area contributed by atoms with Crippen LogP contribution in [0.1, 0.15) is 18.4 Å². The molecule has 0 amide bonds. The maximum Gasteiger partial charge on any atom is 0.343 e. The second-order valence-corrected chi connectivity index (χ2v) is 6.44. The largest absolute Gasteiger partial charge is 0.497 e. The van der Waals surface area contributed by atoms with Gasteiger partial charge in [0.2, 0.25) is 0 Å². The van der Waals surface area contributed by atoms with Crippen LogP contribution in [0.5, 0.6) is 5.75 Å². The third kappa shape index (κ3) is 1.36. The number of amidine groups is 1. The van der Waals surface area contributed by atoms with Crippen LogP contribution in [-0.4, -0.2) is 31.6 Å². The molecule has 2 aliphatic heterocycles. The first-order valence-corrected chi connectivity index (χ1v) is 7.70. The van der Waals surface area contributed by atoms with Crippen LogP contribution in [0.4, 0.5) is 0 Å². The van der Waals surface area contributed by atoms with Crippen LogP contribution in [-0.2, 0) is 9.47 Å². The molecule has 4 rings (SSSR count). The first-order valence-electron chi connectivity index (χ1n) is 7.70. The van der Waals surface area contributed by atoms with Gasteiger partial charge in [0.05, 0.1) is 32.0 Å². The van der Waals surface area contributed by atoms with Gasteiger partial charge in [0.1, 0.15) is 5.75 Å². The van der Waals surface area contributed by atoms with Crippen molar-refractivity contribution >= 4 is 5.84 Å². The number of ether oxygens (including phenoxy) is 3. The van der Waals surface area contributed by atoms with Gasteiger partial charge < -0.3 is 14.2 Å². The van der Waals surface area contributed by atoms with Crippen LogP contribution in [0, 0.1) is 33.5 Å². The fourth-order valence-corrected chi connectivity index (χ4v) is 4.26. The highest BCUT2D eigenvalue weighted by Gasteiger charge is 2.97. The zero-order valence-electron chi connectivity index (χ0n) is 13.4. The monoisotopic (exact) mass is 325 g/mol. The zero-order valence-corrected chi connectivity index (χ0v) is 13.4. The van der Waals surface area contributed by atoms with Crippen molar-refractivity contribution in [2.24, 2.45) is 16.6 Å². The lowest BCUT2D eigenvalue weighted by Crippen LogP contribution is -2.90. The molecule has 1 spiro atoms. The second kappa shape index (κ2) is 4.47. The maximum atomic E-state index is 10.0. The molecule has 2 fully saturated rings. The lowest BCUT2D eigenvalue weighted by Gasteiger charge is -2.24. The van der Waals surface area contributed by atoms with E-state index in [1.807, 2.05) is 19.1 Å². The highest BCUT2D eigenvalue weighted by atomic mass is 16.8. The molecule has 1 saturated heterocycles. The fourth-order valence-electron chi connectivity index (χ4n) is 4.26. The fraction of sp³-hybridized carbons (Fsp3) is 0.471. The minimum atomic E-state index is -1.38.